The largest absolute Gasteiger partial charge is 0.490 e. The molecule has 2 heterocycles. The Bertz CT molecular complexity index is 970. The Morgan fingerprint density at radius 3 is 2.35 bits per heavy atom. The molecule has 3 rings (SSSR count). The zero-order valence-corrected chi connectivity index (χ0v) is 20.1. The number of carbonyl (C=O) groups excluding carboxylic acids is 4. The molecule has 2 aliphatic heterocycles. The van der Waals surface area contributed by atoms with Gasteiger partial charge in [-0.2, -0.15) is 13.2 Å². The van der Waals surface area contributed by atoms with Gasteiger partial charge in [-0.3, -0.25) is 29.4 Å². The van der Waals surface area contributed by atoms with Crippen LogP contribution in [-0.2, 0) is 14.4 Å². The van der Waals surface area contributed by atoms with Gasteiger partial charge in [0, 0.05) is 18.7 Å². The maximum absolute atomic E-state index is 12.9. The number of carboxylic acid groups (broad SMARTS) is 1. The summed E-state index contributed by atoms with van der Waals surface area (Å²) >= 11 is 2.37. The topological polar surface area (TPSA) is 133 Å². The van der Waals surface area contributed by atoms with Gasteiger partial charge in [-0.15, -0.1) is 0 Å². The zero-order valence-electron chi connectivity index (χ0n) is 17.9. The molecule has 1 fully saturated rings. The fourth-order valence-corrected chi connectivity index (χ4v) is 4.00. The Kier molecular flexibility index (Phi) is 9.82. The van der Waals surface area contributed by atoms with Crippen molar-refractivity contribution in [2.75, 3.05) is 16.3 Å². The number of carboxylic acids is 1. The van der Waals surface area contributed by atoms with E-state index in [1.54, 1.807) is 18.2 Å². The normalized spacial score (nSPS) is 17.6. The summed E-state index contributed by atoms with van der Waals surface area (Å²) in [6.45, 7) is 0.720. The van der Waals surface area contributed by atoms with Crippen molar-refractivity contribution >= 4 is 57.9 Å². The van der Waals surface area contributed by atoms with E-state index in [1.807, 2.05) is 0 Å². The number of halogens is 4. The van der Waals surface area contributed by atoms with Crippen LogP contribution in [0.1, 0.15) is 59.2 Å². The smallest absolute Gasteiger partial charge is 0.475 e. The quantitative estimate of drug-likeness (QED) is 0.182. The molecule has 34 heavy (non-hydrogen) atoms. The summed E-state index contributed by atoms with van der Waals surface area (Å²) < 4.78 is 32.9. The number of aliphatic carboxylic acids is 1. The molecular weight excluding hydrogens is 574 g/mol. The Balaban J connectivity index is 0.000000509. The first-order chi connectivity index (χ1) is 16.0. The fourth-order valence-electron chi connectivity index (χ4n) is 3.46. The van der Waals surface area contributed by atoms with Crippen molar-refractivity contribution in [2.24, 2.45) is 0 Å². The highest BCUT2D eigenvalue weighted by molar-refractivity contribution is 14.1. The summed E-state index contributed by atoms with van der Waals surface area (Å²) in [6, 6.07) is 4.18. The highest BCUT2D eigenvalue weighted by Crippen LogP contribution is 2.32. The van der Waals surface area contributed by atoms with Gasteiger partial charge in [0.25, 0.3) is 11.8 Å². The van der Waals surface area contributed by atoms with Crippen LogP contribution < -0.4 is 10.6 Å². The number of piperidine rings is 1. The lowest BCUT2D eigenvalue weighted by Gasteiger charge is -2.27. The first-order valence-corrected chi connectivity index (χ1v) is 12.0. The minimum absolute atomic E-state index is 0.117. The Morgan fingerprint density at radius 2 is 1.76 bits per heavy atom. The van der Waals surface area contributed by atoms with Gasteiger partial charge >= 0.3 is 12.1 Å². The van der Waals surface area contributed by atoms with Crippen molar-refractivity contribution in [3.8, 4) is 0 Å². The molecule has 1 saturated heterocycles. The highest BCUT2D eigenvalue weighted by atomic mass is 127. The van der Waals surface area contributed by atoms with Crippen LogP contribution >= 0.6 is 22.6 Å². The number of imide groups is 2. The van der Waals surface area contributed by atoms with E-state index in [-0.39, 0.29) is 18.7 Å². The monoisotopic (exact) mass is 597 g/mol. The van der Waals surface area contributed by atoms with Gasteiger partial charge in [0.1, 0.15) is 6.04 Å². The number of anilines is 1. The SMILES string of the molecule is O=C(O)C(F)(F)F.O=C1CCC(N2C(=O)c3cccc(NCCCCCCI)c3C2=O)C(=O)N1. The van der Waals surface area contributed by atoms with Crippen molar-refractivity contribution in [1.82, 2.24) is 10.2 Å². The molecule has 0 aliphatic carbocycles. The van der Waals surface area contributed by atoms with E-state index in [0.717, 1.165) is 28.7 Å². The van der Waals surface area contributed by atoms with Crippen molar-refractivity contribution < 1.29 is 42.3 Å². The maximum atomic E-state index is 12.9. The number of hydrogen-bond donors (Lipinski definition) is 3. The van der Waals surface area contributed by atoms with Gasteiger partial charge in [-0.25, -0.2) is 4.79 Å². The first kappa shape index (κ1) is 27.5. The van der Waals surface area contributed by atoms with Crippen LogP contribution in [0.5, 0.6) is 0 Å². The number of fused-ring (bicyclic) bond motifs is 1. The molecule has 1 aromatic carbocycles. The number of nitrogens with zero attached hydrogens (tertiary/aromatic N) is 1. The van der Waals surface area contributed by atoms with E-state index in [9.17, 15) is 32.3 Å². The Morgan fingerprint density at radius 1 is 1.12 bits per heavy atom. The molecule has 0 radical (unpaired) electrons. The number of rotatable bonds is 8. The van der Waals surface area contributed by atoms with Crippen molar-refractivity contribution in [2.45, 2.75) is 50.7 Å². The van der Waals surface area contributed by atoms with Gasteiger partial charge in [0.2, 0.25) is 11.8 Å². The Labute approximate surface area is 206 Å². The molecule has 1 aromatic rings. The molecule has 0 aromatic heterocycles. The van der Waals surface area contributed by atoms with Crippen LogP contribution in [-0.4, -0.2) is 62.8 Å². The van der Waals surface area contributed by atoms with Crippen molar-refractivity contribution in [3.63, 3.8) is 0 Å². The molecular formula is C21H23F3IN3O6. The molecule has 2 aliphatic rings. The van der Waals surface area contributed by atoms with E-state index in [1.165, 1.54) is 12.8 Å². The third kappa shape index (κ3) is 6.90. The van der Waals surface area contributed by atoms with Crippen LogP contribution in [0.3, 0.4) is 0 Å². The Hall–Kier alpha value is -2.71. The molecule has 3 N–H and O–H groups in total. The molecule has 13 heteroatoms. The predicted molar refractivity (Wildman–Crippen MR) is 123 cm³/mol. The molecule has 1 atom stereocenters. The van der Waals surface area contributed by atoms with Crippen LogP contribution in [0.15, 0.2) is 18.2 Å². The number of nitrogens with one attached hydrogen (secondary N) is 2. The van der Waals surface area contributed by atoms with E-state index in [4.69, 9.17) is 9.90 Å². The number of unbranched alkanes of at least 4 members (excludes halogenated alkanes) is 3. The van der Waals surface area contributed by atoms with Crippen molar-refractivity contribution in [3.05, 3.63) is 29.3 Å². The van der Waals surface area contributed by atoms with Gasteiger partial charge in [-0.1, -0.05) is 41.5 Å². The number of benzene rings is 1. The summed E-state index contributed by atoms with van der Waals surface area (Å²) in [5, 5.41) is 12.6. The predicted octanol–water partition coefficient (Wildman–Crippen LogP) is 3.13. The fraction of sp³-hybridized carbons (Fsp3) is 0.476. The van der Waals surface area contributed by atoms with Gasteiger partial charge in [-0.05, 0) is 35.8 Å². The summed E-state index contributed by atoms with van der Waals surface area (Å²) in [5.74, 6) is -4.68. The number of carbonyl (C=O) groups is 5. The summed E-state index contributed by atoms with van der Waals surface area (Å²) in [5.41, 5.74) is 1.24. The summed E-state index contributed by atoms with van der Waals surface area (Å²) in [7, 11) is 0. The lowest BCUT2D eigenvalue weighted by Crippen LogP contribution is -2.54. The molecule has 0 spiro atoms. The van der Waals surface area contributed by atoms with E-state index in [0.29, 0.717) is 16.8 Å². The van der Waals surface area contributed by atoms with Gasteiger partial charge in [0.15, 0.2) is 0 Å². The average Bonchev–Trinajstić information content (AvgIpc) is 3.01. The molecule has 9 nitrogen and oxygen atoms in total. The third-order valence-electron chi connectivity index (χ3n) is 5.09. The zero-order chi connectivity index (χ0) is 25.5. The van der Waals surface area contributed by atoms with Crippen LogP contribution in [0.4, 0.5) is 18.9 Å². The van der Waals surface area contributed by atoms with E-state index in [2.05, 4.69) is 33.2 Å². The number of amides is 4. The minimum atomic E-state index is -5.08. The second kappa shape index (κ2) is 12.1. The molecule has 0 bridgehead atoms. The highest BCUT2D eigenvalue weighted by Gasteiger charge is 2.45. The number of alkyl halides is 4. The van der Waals surface area contributed by atoms with Crippen LogP contribution in [0, 0.1) is 0 Å². The lowest BCUT2D eigenvalue weighted by atomic mass is 10.0. The maximum Gasteiger partial charge on any atom is 0.490 e. The second-order valence-electron chi connectivity index (χ2n) is 7.51. The van der Waals surface area contributed by atoms with Crippen molar-refractivity contribution in [1.29, 1.82) is 0 Å². The number of hydrogen-bond acceptors (Lipinski definition) is 6. The minimum Gasteiger partial charge on any atom is -0.475 e. The molecule has 1 unspecified atom stereocenters. The summed E-state index contributed by atoms with van der Waals surface area (Å²) in [6.07, 6.45) is -0.325. The van der Waals surface area contributed by atoms with Gasteiger partial charge < -0.3 is 10.4 Å². The standard InChI is InChI=1S/C19H22IN3O4.C2HF3O2/c20-10-3-1-2-4-11-21-13-7-5-6-12-16(13)19(27)23(18(12)26)14-8-9-15(24)22-17(14)25;3-2(4,5)1(6)7/h5-7,14,21H,1-4,8-11H2,(H,22,24,25);(H,6,7). The van der Waals surface area contributed by atoms with Crippen LogP contribution in [0.25, 0.3) is 0 Å². The lowest BCUT2D eigenvalue weighted by molar-refractivity contribution is -0.192. The summed E-state index contributed by atoms with van der Waals surface area (Å²) in [4.78, 5) is 59.0. The average molecular weight is 597 g/mol. The molecule has 4 amide bonds. The van der Waals surface area contributed by atoms with E-state index >= 15 is 0 Å². The second-order valence-corrected chi connectivity index (χ2v) is 8.59. The molecule has 0 saturated carbocycles. The van der Waals surface area contributed by atoms with Gasteiger partial charge in [0.05, 0.1) is 11.1 Å². The van der Waals surface area contributed by atoms with Crippen LogP contribution in [0.2, 0.25) is 0 Å². The first-order valence-electron chi connectivity index (χ1n) is 10.4. The molecule has 186 valence electrons. The third-order valence-corrected chi connectivity index (χ3v) is 5.85. The van der Waals surface area contributed by atoms with E-state index < -0.39 is 35.9 Å².